The fraction of sp³-hybridized carbons (Fsp3) is 0.261. The van der Waals surface area contributed by atoms with E-state index in [0.717, 1.165) is 28.6 Å². The third kappa shape index (κ3) is 4.52. The predicted octanol–water partition coefficient (Wildman–Crippen LogP) is 4.80. The topological polar surface area (TPSA) is 63.5 Å². The van der Waals surface area contributed by atoms with Crippen molar-refractivity contribution in [3.05, 3.63) is 87.1 Å². The zero-order valence-electron chi connectivity index (χ0n) is 16.8. The Hall–Kier alpha value is -2.38. The highest BCUT2D eigenvalue weighted by molar-refractivity contribution is 9.10. The number of hydrogen-bond acceptors (Lipinski definition) is 3. The molecule has 0 aliphatic heterocycles. The molecule has 0 radical (unpaired) electrons. The molecule has 30 heavy (non-hydrogen) atoms. The van der Waals surface area contributed by atoms with Crippen molar-refractivity contribution in [3.8, 4) is 0 Å². The van der Waals surface area contributed by atoms with Crippen molar-refractivity contribution in [2.45, 2.75) is 44.0 Å². The molecule has 1 aliphatic carbocycles. The normalized spacial score (nSPS) is 14.1. The maximum absolute atomic E-state index is 12.5. The van der Waals surface area contributed by atoms with Gasteiger partial charge in [-0.3, -0.25) is 0 Å². The number of halogens is 1. The van der Waals surface area contributed by atoms with Crippen molar-refractivity contribution in [1.82, 2.24) is 9.40 Å². The number of sulfonamides is 1. The van der Waals surface area contributed by atoms with Crippen LogP contribution in [0.25, 0.3) is 0 Å². The van der Waals surface area contributed by atoms with E-state index in [1.54, 1.807) is 30.5 Å². The molecule has 0 saturated heterocycles. The molecule has 0 saturated carbocycles. The molecule has 2 aromatic carbocycles. The van der Waals surface area contributed by atoms with Crippen LogP contribution in [0.2, 0.25) is 0 Å². The number of nitrogens with one attached hydrogen (secondary N) is 1. The third-order valence-electron chi connectivity index (χ3n) is 5.43. The first kappa shape index (κ1) is 20.9. The molecule has 1 N–H and O–H groups in total. The molecule has 0 amide bonds. The van der Waals surface area contributed by atoms with Gasteiger partial charge < -0.3 is 4.57 Å². The quantitative estimate of drug-likeness (QED) is 0.402. The predicted molar refractivity (Wildman–Crippen MR) is 123 cm³/mol. The molecular weight excluding hydrogens is 462 g/mol. The number of benzene rings is 2. The summed E-state index contributed by atoms with van der Waals surface area (Å²) in [6, 6.07) is 17.0. The summed E-state index contributed by atoms with van der Waals surface area (Å²) in [6.07, 6.45) is 6.05. The Morgan fingerprint density at radius 1 is 1.10 bits per heavy atom. The van der Waals surface area contributed by atoms with Crippen LogP contribution in [-0.4, -0.2) is 19.2 Å². The Morgan fingerprint density at radius 2 is 1.83 bits per heavy atom. The molecule has 3 aromatic rings. The molecule has 156 valence electrons. The highest BCUT2D eigenvalue weighted by atomic mass is 79.9. The third-order valence-corrected chi connectivity index (χ3v) is 7.44. The second kappa shape index (κ2) is 8.78. The summed E-state index contributed by atoms with van der Waals surface area (Å²) in [4.78, 5) is 2.55. The maximum Gasteiger partial charge on any atom is 0.276 e. The largest absolute Gasteiger partial charge is 0.339 e. The first-order valence-electron chi connectivity index (χ1n) is 10.0. The van der Waals surface area contributed by atoms with Crippen LogP contribution in [0.15, 0.2) is 69.1 Å². The molecule has 4 rings (SSSR count). The summed E-state index contributed by atoms with van der Waals surface area (Å²) in [5, 5.41) is 4.08. The van der Waals surface area contributed by atoms with Crippen LogP contribution in [0, 0.1) is 6.92 Å². The molecule has 0 unspecified atom stereocenters. The van der Waals surface area contributed by atoms with Crippen molar-refractivity contribution >= 4 is 32.2 Å². The summed E-state index contributed by atoms with van der Waals surface area (Å²) in [7, 11) is -3.69. The van der Waals surface area contributed by atoms with Gasteiger partial charge in [0.05, 0.1) is 16.8 Å². The summed E-state index contributed by atoms with van der Waals surface area (Å²) in [5.41, 5.74) is 5.74. The lowest BCUT2D eigenvalue weighted by molar-refractivity contribution is 0.584. The molecule has 0 fully saturated rings. The van der Waals surface area contributed by atoms with Gasteiger partial charge in [-0.15, -0.1) is 0 Å². The lowest BCUT2D eigenvalue weighted by atomic mass is 9.98. The number of aryl methyl sites for hydroxylation is 2. The van der Waals surface area contributed by atoms with Gasteiger partial charge in [-0.1, -0.05) is 51.8 Å². The average Bonchev–Trinajstić information content (AvgIpc) is 3.07. The molecule has 7 heteroatoms. The van der Waals surface area contributed by atoms with E-state index in [0.29, 0.717) is 6.54 Å². The SMILES string of the molecule is Cc1ccc(S(=O)(=O)N/N=C/c2cc3c(n2Cc2ccccc2Br)CCCC3)cc1. The first-order chi connectivity index (χ1) is 14.4. The minimum Gasteiger partial charge on any atom is -0.339 e. The van der Waals surface area contributed by atoms with E-state index in [-0.39, 0.29) is 4.90 Å². The fourth-order valence-electron chi connectivity index (χ4n) is 3.81. The van der Waals surface area contributed by atoms with E-state index >= 15 is 0 Å². The smallest absolute Gasteiger partial charge is 0.276 e. The van der Waals surface area contributed by atoms with E-state index in [1.807, 2.05) is 25.1 Å². The van der Waals surface area contributed by atoms with E-state index in [2.05, 4.69) is 42.6 Å². The van der Waals surface area contributed by atoms with Crippen molar-refractivity contribution in [2.24, 2.45) is 5.10 Å². The Kier molecular flexibility index (Phi) is 6.11. The minimum absolute atomic E-state index is 0.202. The van der Waals surface area contributed by atoms with Gasteiger partial charge in [0.15, 0.2) is 0 Å². The summed E-state index contributed by atoms with van der Waals surface area (Å²) < 4.78 is 28.3. The lowest BCUT2D eigenvalue weighted by Crippen LogP contribution is -2.19. The van der Waals surface area contributed by atoms with E-state index in [9.17, 15) is 8.42 Å². The van der Waals surface area contributed by atoms with E-state index in [1.165, 1.54) is 29.7 Å². The lowest BCUT2D eigenvalue weighted by Gasteiger charge is -2.17. The highest BCUT2D eigenvalue weighted by Crippen LogP contribution is 2.27. The number of rotatable bonds is 6. The Balaban J connectivity index is 1.61. The molecule has 0 atom stereocenters. The zero-order chi connectivity index (χ0) is 21.1. The van der Waals surface area contributed by atoms with Crippen LogP contribution in [0.1, 0.15) is 40.9 Å². The molecular formula is C23H24BrN3O2S. The number of hydrazone groups is 1. The van der Waals surface area contributed by atoms with Crippen LogP contribution in [0.4, 0.5) is 0 Å². The summed E-state index contributed by atoms with van der Waals surface area (Å²) in [5.74, 6) is 0. The fourth-order valence-corrected chi connectivity index (χ4v) is 5.01. The monoisotopic (exact) mass is 485 g/mol. The Morgan fingerprint density at radius 3 is 2.60 bits per heavy atom. The van der Waals surface area contributed by atoms with Crippen LogP contribution < -0.4 is 4.83 Å². The van der Waals surface area contributed by atoms with Crippen molar-refractivity contribution in [2.75, 3.05) is 0 Å². The summed E-state index contributed by atoms with van der Waals surface area (Å²) >= 11 is 3.63. The molecule has 1 heterocycles. The van der Waals surface area contributed by atoms with Gasteiger partial charge in [-0.2, -0.15) is 13.5 Å². The Labute approximate surface area is 186 Å². The number of fused-ring (bicyclic) bond motifs is 1. The zero-order valence-corrected chi connectivity index (χ0v) is 19.2. The molecule has 0 bridgehead atoms. The average molecular weight is 486 g/mol. The minimum atomic E-state index is -3.69. The number of nitrogens with zero attached hydrogens (tertiary/aromatic N) is 2. The molecule has 1 aliphatic rings. The van der Waals surface area contributed by atoms with Crippen molar-refractivity contribution in [1.29, 1.82) is 0 Å². The van der Waals surface area contributed by atoms with Crippen LogP contribution in [0.5, 0.6) is 0 Å². The highest BCUT2D eigenvalue weighted by Gasteiger charge is 2.18. The maximum atomic E-state index is 12.5. The number of hydrogen-bond donors (Lipinski definition) is 1. The van der Waals surface area contributed by atoms with Gasteiger partial charge in [0.25, 0.3) is 10.0 Å². The van der Waals surface area contributed by atoms with Crippen molar-refractivity contribution in [3.63, 3.8) is 0 Å². The van der Waals surface area contributed by atoms with Gasteiger partial charge in [-0.05, 0) is 68.0 Å². The Bertz CT molecular complexity index is 1180. The molecule has 5 nitrogen and oxygen atoms in total. The van der Waals surface area contributed by atoms with Crippen LogP contribution >= 0.6 is 15.9 Å². The van der Waals surface area contributed by atoms with Crippen LogP contribution in [-0.2, 0) is 29.4 Å². The van der Waals surface area contributed by atoms with Gasteiger partial charge in [-0.25, -0.2) is 4.83 Å². The van der Waals surface area contributed by atoms with Gasteiger partial charge in [0, 0.05) is 16.7 Å². The van der Waals surface area contributed by atoms with Gasteiger partial charge in [0.2, 0.25) is 0 Å². The second-order valence-corrected chi connectivity index (χ2v) is 10.1. The van der Waals surface area contributed by atoms with Gasteiger partial charge >= 0.3 is 0 Å². The van der Waals surface area contributed by atoms with E-state index < -0.39 is 10.0 Å². The van der Waals surface area contributed by atoms with Crippen molar-refractivity contribution < 1.29 is 8.42 Å². The first-order valence-corrected chi connectivity index (χ1v) is 12.3. The van der Waals surface area contributed by atoms with E-state index in [4.69, 9.17) is 0 Å². The van der Waals surface area contributed by atoms with Crippen LogP contribution in [0.3, 0.4) is 0 Å². The molecule has 1 aromatic heterocycles. The van der Waals surface area contributed by atoms with Gasteiger partial charge in [0.1, 0.15) is 0 Å². The summed E-state index contributed by atoms with van der Waals surface area (Å²) in [6.45, 7) is 2.63. The molecule has 0 spiro atoms. The number of aromatic nitrogens is 1. The second-order valence-electron chi connectivity index (χ2n) is 7.59. The standard InChI is InChI=1S/C23H24BrN3O2S/c1-17-10-12-21(13-11-17)30(28,29)26-25-15-20-14-18-6-3-5-9-23(18)27(20)16-19-7-2-4-8-22(19)24/h2,4,7-8,10-15,26H,3,5-6,9,16H2,1H3/b25-15+.